The van der Waals surface area contributed by atoms with Crippen LogP contribution in [0.5, 0.6) is 11.5 Å². The van der Waals surface area contributed by atoms with Crippen LogP contribution in [0, 0.1) is 6.92 Å². The number of aryl methyl sites for hydroxylation is 1. The second-order valence-electron chi connectivity index (χ2n) is 5.89. The summed E-state index contributed by atoms with van der Waals surface area (Å²) in [6.45, 7) is 5.36. The molecule has 1 atom stereocenters. The minimum absolute atomic E-state index is 0.0844. The molecule has 2 aromatic rings. The average Bonchev–Trinajstić information content (AvgIpc) is 2.62. The first kappa shape index (κ1) is 18.3. The molecular weight excluding hydrogens is 302 g/mol. The maximum Gasteiger partial charge on any atom is 0.166 e. The van der Waals surface area contributed by atoms with Gasteiger partial charge in [0, 0.05) is 18.2 Å². The molecule has 130 valence electrons. The van der Waals surface area contributed by atoms with Crippen molar-refractivity contribution in [3.8, 4) is 11.5 Å². The van der Waals surface area contributed by atoms with Gasteiger partial charge in [0.2, 0.25) is 0 Å². The Hall–Kier alpha value is -2.04. The number of rotatable bonds is 9. The summed E-state index contributed by atoms with van der Waals surface area (Å²) in [5, 5.41) is 12.7. The Morgan fingerprint density at radius 2 is 1.88 bits per heavy atom. The molecule has 0 spiro atoms. The third kappa shape index (κ3) is 4.98. The van der Waals surface area contributed by atoms with E-state index >= 15 is 0 Å². The predicted octanol–water partition coefficient (Wildman–Crippen LogP) is 3.44. The van der Waals surface area contributed by atoms with E-state index in [1.54, 1.807) is 7.11 Å². The summed E-state index contributed by atoms with van der Waals surface area (Å²) >= 11 is 0. The fraction of sp³-hybridized carbons (Fsp3) is 0.400. The Kier molecular flexibility index (Phi) is 7.09. The van der Waals surface area contributed by atoms with Crippen LogP contribution in [0.15, 0.2) is 42.5 Å². The molecule has 4 nitrogen and oxygen atoms in total. The van der Waals surface area contributed by atoms with E-state index in [-0.39, 0.29) is 12.6 Å². The van der Waals surface area contributed by atoms with Gasteiger partial charge in [-0.1, -0.05) is 48.9 Å². The molecular formula is C20H27NO3. The minimum atomic E-state index is 0.0844. The fourth-order valence-corrected chi connectivity index (χ4v) is 2.46. The van der Waals surface area contributed by atoms with Crippen molar-refractivity contribution >= 4 is 0 Å². The van der Waals surface area contributed by atoms with E-state index in [0.717, 1.165) is 29.0 Å². The normalized spacial score (nSPS) is 12.0. The molecule has 0 heterocycles. The average molecular weight is 329 g/mol. The standard InChI is InChI=1S/C20H27NO3/c1-4-18(13-22)21-12-17-6-5-7-19(23-3)20(17)24-14-16-10-8-15(2)9-11-16/h5-11,18,21-22H,4,12-14H2,1-3H3. The molecule has 2 aromatic carbocycles. The zero-order valence-electron chi connectivity index (χ0n) is 14.7. The van der Waals surface area contributed by atoms with Crippen LogP contribution in [-0.4, -0.2) is 24.9 Å². The van der Waals surface area contributed by atoms with E-state index in [0.29, 0.717) is 13.2 Å². The van der Waals surface area contributed by atoms with E-state index in [9.17, 15) is 5.11 Å². The van der Waals surface area contributed by atoms with Gasteiger partial charge in [-0.2, -0.15) is 0 Å². The Labute approximate surface area is 144 Å². The quantitative estimate of drug-likeness (QED) is 0.740. The topological polar surface area (TPSA) is 50.7 Å². The fourth-order valence-electron chi connectivity index (χ4n) is 2.46. The molecule has 2 rings (SSSR count). The van der Waals surface area contributed by atoms with Crippen molar-refractivity contribution in [3.05, 3.63) is 59.2 Å². The van der Waals surface area contributed by atoms with E-state index in [1.807, 2.05) is 25.1 Å². The third-order valence-electron chi connectivity index (χ3n) is 4.08. The highest BCUT2D eigenvalue weighted by Gasteiger charge is 2.12. The molecule has 0 fully saturated rings. The second-order valence-corrected chi connectivity index (χ2v) is 5.89. The summed E-state index contributed by atoms with van der Waals surface area (Å²) in [5.74, 6) is 1.47. The van der Waals surface area contributed by atoms with Gasteiger partial charge in [0.05, 0.1) is 13.7 Å². The maximum absolute atomic E-state index is 9.33. The molecule has 1 unspecified atom stereocenters. The van der Waals surface area contributed by atoms with Crippen LogP contribution < -0.4 is 14.8 Å². The molecule has 0 amide bonds. The molecule has 0 aliphatic carbocycles. The zero-order chi connectivity index (χ0) is 17.4. The van der Waals surface area contributed by atoms with Crippen molar-refractivity contribution in [2.75, 3.05) is 13.7 Å². The number of ether oxygens (including phenoxy) is 2. The number of aliphatic hydroxyl groups excluding tert-OH is 1. The minimum Gasteiger partial charge on any atom is -0.493 e. The van der Waals surface area contributed by atoms with E-state index < -0.39 is 0 Å². The van der Waals surface area contributed by atoms with E-state index in [4.69, 9.17) is 9.47 Å². The third-order valence-corrected chi connectivity index (χ3v) is 4.08. The van der Waals surface area contributed by atoms with Gasteiger partial charge in [-0.3, -0.25) is 0 Å². The summed E-state index contributed by atoms with van der Waals surface area (Å²) in [4.78, 5) is 0. The van der Waals surface area contributed by atoms with Gasteiger partial charge in [-0.05, 0) is 25.0 Å². The van der Waals surface area contributed by atoms with Crippen LogP contribution in [0.2, 0.25) is 0 Å². The number of methoxy groups -OCH3 is 1. The summed E-state index contributed by atoms with van der Waals surface area (Å²) < 4.78 is 11.5. The molecule has 4 heteroatoms. The Morgan fingerprint density at radius 1 is 1.12 bits per heavy atom. The van der Waals surface area contributed by atoms with E-state index in [1.165, 1.54) is 5.56 Å². The van der Waals surface area contributed by atoms with Crippen LogP contribution in [0.4, 0.5) is 0 Å². The smallest absolute Gasteiger partial charge is 0.166 e. The lowest BCUT2D eigenvalue weighted by atomic mass is 10.1. The first-order valence-corrected chi connectivity index (χ1v) is 8.36. The van der Waals surface area contributed by atoms with Crippen molar-refractivity contribution in [1.82, 2.24) is 5.32 Å². The summed E-state index contributed by atoms with van der Waals surface area (Å²) in [7, 11) is 1.65. The Balaban J connectivity index is 2.12. The van der Waals surface area contributed by atoms with Gasteiger partial charge in [0.15, 0.2) is 11.5 Å². The second kappa shape index (κ2) is 9.30. The highest BCUT2D eigenvalue weighted by molar-refractivity contribution is 5.46. The molecule has 0 aromatic heterocycles. The lowest BCUT2D eigenvalue weighted by Crippen LogP contribution is -2.31. The first-order chi connectivity index (χ1) is 11.7. The molecule has 0 aliphatic heterocycles. The number of para-hydroxylation sites is 1. The lowest BCUT2D eigenvalue weighted by Gasteiger charge is -2.18. The molecule has 24 heavy (non-hydrogen) atoms. The Morgan fingerprint density at radius 3 is 2.50 bits per heavy atom. The van der Waals surface area contributed by atoms with Gasteiger partial charge in [0.1, 0.15) is 6.61 Å². The van der Waals surface area contributed by atoms with Gasteiger partial charge in [-0.15, -0.1) is 0 Å². The summed E-state index contributed by atoms with van der Waals surface area (Å²) in [6.07, 6.45) is 0.875. The molecule has 0 saturated carbocycles. The Bertz CT molecular complexity index is 621. The van der Waals surface area contributed by atoms with Crippen molar-refractivity contribution in [2.24, 2.45) is 0 Å². The number of hydrogen-bond donors (Lipinski definition) is 2. The number of nitrogens with one attached hydrogen (secondary N) is 1. The van der Waals surface area contributed by atoms with Gasteiger partial charge in [-0.25, -0.2) is 0 Å². The maximum atomic E-state index is 9.33. The summed E-state index contributed by atoms with van der Waals surface area (Å²) in [6, 6.07) is 14.3. The molecule has 0 saturated heterocycles. The van der Waals surface area contributed by atoms with Crippen LogP contribution in [0.1, 0.15) is 30.0 Å². The number of aliphatic hydroxyl groups is 1. The molecule has 0 bridgehead atoms. The highest BCUT2D eigenvalue weighted by atomic mass is 16.5. The first-order valence-electron chi connectivity index (χ1n) is 8.36. The SMILES string of the molecule is CCC(CO)NCc1cccc(OC)c1OCc1ccc(C)cc1. The van der Waals surface area contributed by atoms with Crippen LogP contribution in [-0.2, 0) is 13.2 Å². The van der Waals surface area contributed by atoms with Crippen molar-refractivity contribution in [3.63, 3.8) is 0 Å². The lowest BCUT2D eigenvalue weighted by molar-refractivity contribution is 0.236. The predicted molar refractivity (Wildman–Crippen MR) is 96.5 cm³/mol. The van der Waals surface area contributed by atoms with Crippen molar-refractivity contribution in [2.45, 2.75) is 39.5 Å². The zero-order valence-corrected chi connectivity index (χ0v) is 14.7. The van der Waals surface area contributed by atoms with E-state index in [2.05, 4.69) is 36.5 Å². The van der Waals surface area contributed by atoms with Gasteiger partial charge >= 0.3 is 0 Å². The molecule has 2 N–H and O–H groups in total. The largest absolute Gasteiger partial charge is 0.493 e. The van der Waals surface area contributed by atoms with Crippen LogP contribution in [0.3, 0.4) is 0 Å². The van der Waals surface area contributed by atoms with Crippen molar-refractivity contribution < 1.29 is 14.6 Å². The number of benzene rings is 2. The molecule has 0 radical (unpaired) electrons. The van der Waals surface area contributed by atoms with Crippen molar-refractivity contribution in [1.29, 1.82) is 0 Å². The highest BCUT2D eigenvalue weighted by Crippen LogP contribution is 2.32. The van der Waals surface area contributed by atoms with Gasteiger partial charge in [0.25, 0.3) is 0 Å². The summed E-state index contributed by atoms with van der Waals surface area (Å²) in [5.41, 5.74) is 3.37. The molecule has 0 aliphatic rings. The van der Waals surface area contributed by atoms with Crippen LogP contribution >= 0.6 is 0 Å². The monoisotopic (exact) mass is 329 g/mol. The number of hydrogen-bond acceptors (Lipinski definition) is 4. The van der Waals surface area contributed by atoms with Crippen LogP contribution in [0.25, 0.3) is 0 Å². The van der Waals surface area contributed by atoms with Gasteiger partial charge < -0.3 is 19.9 Å².